The standard InChI is InChI=1S/C22H21N3O3/c1-3-4-11-28-19-10-9-15(13-20(19)27-2)12-16(14-23)21-24-18-8-6-5-7-17(18)22(26)25-21/h5-10,12-13,17H,3-4,11H2,1-2H3/b16-12-. The molecule has 2 aliphatic rings. The number of fused-ring (bicyclic) bond motifs is 1. The van der Waals surface area contributed by atoms with Crippen molar-refractivity contribution in [2.24, 2.45) is 15.9 Å². The molecule has 6 nitrogen and oxygen atoms in total. The minimum atomic E-state index is -0.465. The number of ether oxygens (including phenoxy) is 2. The Morgan fingerprint density at radius 2 is 2.14 bits per heavy atom. The summed E-state index contributed by atoms with van der Waals surface area (Å²) in [4.78, 5) is 20.7. The molecule has 0 saturated heterocycles. The highest BCUT2D eigenvalue weighted by atomic mass is 16.5. The summed E-state index contributed by atoms with van der Waals surface area (Å²) in [5.74, 6) is 0.572. The fraction of sp³-hybridized carbons (Fsp3) is 0.273. The fourth-order valence-corrected chi connectivity index (χ4v) is 2.82. The van der Waals surface area contributed by atoms with E-state index in [9.17, 15) is 10.1 Å². The second-order valence-corrected chi connectivity index (χ2v) is 6.31. The van der Waals surface area contributed by atoms with Gasteiger partial charge in [0.15, 0.2) is 17.3 Å². The zero-order valence-electron chi connectivity index (χ0n) is 15.9. The number of hydrogen-bond donors (Lipinski definition) is 0. The number of amides is 1. The average molecular weight is 375 g/mol. The molecule has 6 heteroatoms. The normalized spacial score (nSPS) is 18.1. The quantitative estimate of drug-likeness (QED) is 0.534. The summed E-state index contributed by atoms with van der Waals surface area (Å²) in [6.45, 7) is 2.71. The van der Waals surface area contributed by atoms with Gasteiger partial charge in [-0.1, -0.05) is 37.6 Å². The largest absolute Gasteiger partial charge is 0.493 e. The zero-order valence-corrected chi connectivity index (χ0v) is 15.9. The van der Waals surface area contributed by atoms with Gasteiger partial charge in [-0.15, -0.1) is 0 Å². The van der Waals surface area contributed by atoms with E-state index in [0.29, 0.717) is 23.8 Å². The van der Waals surface area contributed by atoms with Crippen LogP contribution >= 0.6 is 0 Å². The Hall–Kier alpha value is -3.46. The van der Waals surface area contributed by atoms with Crippen molar-refractivity contribution < 1.29 is 14.3 Å². The van der Waals surface area contributed by atoms with E-state index in [1.807, 2.05) is 12.1 Å². The van der Waals surface area contributed by atoms with E-state index >= 15 is 0 Å². The monoisotopic (exact) mass is 375 g/mol. The van der Waals surface area contributed by atoms with Crippen LogP contribution in [0.3, 0.4) is 0 Å². The highest BCUT2D eigenvalue weighted by Crippen LogP contribution is 2.29. The smallest absolute Gasteiger partial charge is 0.260 e. The Labute approximate surface area is 164 Å². The molecule has 1 aromatic rings. The van der Waals surface area contributed by atoms with E-state index < -0.39 is 5.92 Å². The van der Waals surface area contributed by atoms with Gasteiger partial charge in [0.05, 0.1) is 25.0 Å². The van der Waals surface area contributed by atoms with Crippen LogP contribution in [0.2, 0.25) is 0 Å². The molecule has 1 unspecified atom stereocenters. The summed E-state index contributed by atoms with van der Waals surface area (Å²) in [6.07, 6.45) is 10.8. The van der Waals surface area contributed by atoms with E-state index in [1.165, 1.54) is 0 Å². The molecule has 142 valence electrons. The maximum Gasteiger partial charge on any atom is 0.260 e. The lowest BCUT2D eigenvalue weighted by Gasteiger charge is -2.17. The van der Waals surface area contributed by atoms with E-state index in [-0.39, 0.29) is 17.3 Å². The fourth-order valence-electron chi connectivity index (χ4n) is 2.82. The van der Waals surface area contributed by atoms with Gasteiger partial charge in [-0.2, -0.15) is 10.3 Å². The van der Waals surface area contributed by atoms with Gasteiger partial charge in [-0.25, -0.2) is 4.99 Å². The maximum absolute atomic E-state index is 12.3. The number of nitrogens with zero attached hydrogens (tertiary/aromatic N) is 3. The number of methoxy groups -OCH3 is 1. The highest BCUT2D eigenvalue weighted by molar-refractivity contribution is 6.26. The average Bonchev–Trinajstić information content (AvgIpc) is 2.72. The first kappa shape index (κ1) is 19.3. The van der Waals surface area contributed by atoms with Crippen LogP contribution in [0.15, 0.2) is 58.1 Å². The first-order chi connectivity index (χ1) is 13.7. The topological polar surface area (TPSA) is 84.0 Å². The predicted octanol–water partition coefficient (Wildman–Crippen LogP) is 3.90. The van der Waals surface area contributed by atoms with Crippen molar-refractivity contribution in [3.05, 3.63) is 53.6 Å². The Morgan fingerprint density at radius 3 is 2.89 bits per heavy atom. The first-order valence-electron chi connectivity index (χ1n) is 9.15. The third-order valence-corrected chi connectivity index (χ3v) is 4.33. The van der Waals surface area contributed by atoms with Crippen LogP contribution in [-0.2, 0) is 4.79 Å². The van der Waals surface area contributed by atoms with Crippen molar-refractivity contribution >= 4 is 23.5 Å². The molecule has 0 bridgehead atoms. The van der Waals surface area contributed by atoms with Crippen LogP contribution in [0.25, 0.3) is 6.08 Å². The maximum atomic E-state index is 12.3. The lowest BCUT2D eigenvalue weighted by atomic mass is 9.96. The van der Waals surface area contributed by atoms with E-state index in [4.69, 9.17) is 9.47 Å². The number of hydrogen-bond acceptors (Lipinski definition) is 5. The number of nitriles is 1. The molecule has 1 atom stereocenters. The minimum absolute atomic E-state index is 0.126. The number of aliphatic imine (C=N–C) groups is 2. The number of allylic oxidation sites excluding steroid dienone is 3. The summed E-state index contributed by atoms with van der Waals surface area (Å²) in [5.41, 5.74) is 1.53. The molecule has 1 amide bonds. The molecule has 1 aliphatic heterocycles. The highest BCUT2D eigenvalue weighted by Gasteiger charge is 2.27. The van der Waals surface area contributed by atoms with Crippen molar-refractivity contribution in [3.63, 3.8) is 0 Å². The van der Waals surface area contributed by atoms with Crippen LogP contribution in [0.4, 0.5) is 0 Å². The first-order valence-corrected chi connectivity index (χ1v) is 9.15. The van der Waals surface area contributed by atoms with Crippen LogP contribution in [0.5, 0.6) is 11.5 Å². The summed E-state index contributed by atoms with van der Waals surface area (Å²) in [6, 6.07) is 7.50. The summed E-state index contributed by atoms with van der Waals surface area (Å²) in [7, 11) is 1.57. The van der Waals surface area contributed by atoms with Gasteiger partial charge >= 0.3 is 0 Å². The molecular formula is C22H21N3O3. The Morgan fingerprint density at radius 1 is 1.29 bits per heavy atom. The molecule has 0 spiro atoms. The lowest BCUT2D eigenvalue weighted by Crippen LogP contribution is -2.27. The Balaban J connectivity index is 1.88. The lowest BCUT2D eigenvalue weighted by molar-refractivity contribution is -0.118. The van der Waals surface area contributed by atoms with E-state index in [2.05, 4.69) is 23.0 Å². The third kappa shape index (κ3) is 4.26. The van der Waals surface area contributed by atoms with Gasteiger partial charge in [-0.3, -0.25) is 4.79 Å². The number of carbonyl (C=O) groups is 1. The van der Waals surface area contributed by atoms with Crippen LogP contribution in [0, 0.1) is 17.2 Å². The van der Waals surface area contributed by atoms with Crippen LogP contribution in [-0.4, -0.2) is 31.2 Å². The third-order valence-electron chi connectivity index (χ3n) is 4.33. The van der Waals surface area contributed by atoms with Gasteiger partial charge in [0, 0.05) is 0 Å². The van der Waals surface area contributed by atoms with Gasteiger partial charge in [0.1, 0.15) is 12.0 Å². The van der Waals surface area contributed by atoms with Crippen molar-refractivity contribution in [2.45, 2.75) is 19.8 Å². The molecule has 0 radical (unpaired) electrons. The Kier molecular flexibility index (Phi) is 6.18. The zero-order chi connectivity index (χ0) is 19.9. The van der Waals surface area contributed by atoms with E-state index in [1.54, 1.807) is 43.5 Å². The molecule has 0 fully saturated rings. The molecular weight excluding hydrogens is 354 g/mol. The number of unbranched alkanes of at least 4 members (excludes halogenated alkanes) is 1. The number of benzene rings is 1. The van der Waals surface area contributed by atoms with Gasteiger partial charge < -0.3 is 9.47 Å². The Bertz CT molecular complexity index is 962. The summed E-state index contributed by atoms with van der Waals surface area (Å²) in [5, 5.41) is 9.58. The summed E-state index contributed by atoms with van der Waals surface area (Å²) < 4.78 is 11.1. The van der Waals surface area contributed by atoms with Crippen molar-refractivity contribution in [1.29, 1.82) is 5.26 Å². The minimum Gasteiger partial charge on any atom is -0.493 e. The molecule has 1 aromatic carbocycles. The number of carbonyl (C=O) groups excluding carboxylic acids is 1. The number of amidine groups is 1. The number of rotatable bonds is 7. The molecule has 3 rings (SSSR count). The predicted molar refractivity (Wildman–Crippen MR) is 109 cm³/mol. The second-order valence-electron chi connectivity index (χ2n) is 6.31. The van der Waals surface area contributed by atoms with E-state index in [0.717, 1.165) is 18.4 Å². The SMILES string of the molecule is CCCCOc1ccc(/C=C(/C#N)C2=NC(=O)C3C=CC=CC3=N2)cc1OC. The molecule has 0 aromatic heterocycles. The van der Waals surface area contributed by atoms with Gasteiger partial charge in [0.25, 0.3) is 5.91 Å². The molecule has 1 aliphatic carbocycles. The second kappa shape index (κ2) is 8.96. The van der Waals surface area contributed by atoms with Gasteiger partial charge in [0.2, 0.25) is 0 Å². The van der Waals surface area contributed by atoms with Crippen molar-refractivity contribution in [2.75, 3.05) is 13.7 Å². The summed E-state index contributed by atoms with van der Waals surface area (Å²) >= 11 is 0. The molecule has 0 N–H and O–H groups in total. The molecule has 0 saturated carbocycles. The van der Waals surface area contributed by atoms with Crippen LogP contribution in [0.1, 0.15) is 25.3 Å². The van der Waals surface area contributed by atoms with Crippen molar-refractivity contribution in [1.82, 2.24) is 0 Å². The van der Waals surface area contributed by atoms with Gasteiger partial charge in [-0.05, 0) is 36.3 Å². The molecule has 28 heavy (non-hydrogen) atoms. The molecule has 1 heterocycles. The van der Waals surface area contributed by atoms with Crippen LogP contribution < -0.4 is 9.47 Å². The van der Waals surface area contributed by atoms with Crippen molar-refractivity contribution in [3.8, 4) is 17.6 Å².